The van der Waals surface area contributed by atoms with Crippen molar-refractivity contribution in [3.63, 3.8) is 0 Å². The Balaban J connectivity index is 2.20. The van der Waals surface area contributed by atoms with Crippen molar-refractivity contribution in [1.82, 2.24) is 9.88 Å². The third kappa shape index (κ3) is 2.86. The van der Waals surface area contributed by atoms with Gasteiger partial charge >= 0.3 is 0 Å². The van der Waals surface area contributed by atoms with Crippen molar-refractivity contribution in [1.29, 1.82) is 0 Å². The maximum absolute atomic E-state index is 12.4. The van der Waals surface area contributed by atoms with E-state index in [4.69, 9.17) is 23.2 Å². The van der Waals surface area contributed by atoms with E-state index in [-0.39, 0.29) is 16.8 Å². The second-order valence-corrected chi connectivity index (χ2v) is 5.68. The molecular weight excluding hydrogens is 287 g/mol. The van der Waals surface area contributed by atoms with Crippen LogP contribution in [0.1, 0.15) is 29.4 Å². The highest BCUT2D eigenvalue weighted by atomic mass is 35.5. The Morgan fingerprint density at radius 1 is 1.53 bits per heavy atom. The molecule has 2 atom stereocenters. The molecule has 1 aromatic heterocycles. The minimum atomic E-state index is -0.409. The fourth-order valence-corrected chi connectivity index (χ4v) is 2.65. The highest BCUT2D eigenvalue weighted by Gasteiger charge is 2.31. The summed E-state index contributed by atoms with van der Waals surface area (Å²) in [5, 5.41) is 10.1. The van der Waals surface area contributed by atoms with Gasteiger partial charge in [-0.05, 0) is 20.3 Å². The van der Waals surface area contributed by atoms with Gasteiger partial charge in [0, 0.05) is 25.2 Å². The molecular formula is C13H16Cl2N2O2. The summed E-state index contributed by atoms with van der Waals surface area (Å²) in [6.07, 6.45) is 1.85. The standard InChI is InChI=1S/C13H16Cl2N2O2/c1-7-11(14)12(15)10(5-16-7)13(19)17-4-3-9(6-17)8(2)18/h5,8-9,18H,3-4,6H2,1-2H3. The van der Waals surface area contributed by atoms with Gasteiger partial charge in [-0.15, -0.1) is 0 Å². The fourth-order valence-electron chi connectivity index (χ4n) is 2.24. The van der Waals surface area contributed by atoms with E-state index in [9.17, 15) is 9.90 Å². The van der Waals surface area contributed by atoms with E-state index >= 15 is 0 Å². The van der Waals surface area contributed by atoms with E-state index in [0.29, 0.717) is 29.4 Å². The predicted octanol–water partition coefficient (Wildman–Crippen LogP) is 2.54. The number of carbonyl (C=O) groups is 1. The van der Waals surface area contributed by atoms with Crippen LogP contribution in [0.15, 0.2) is 6.20 Å². The number of carbonyl (C=O) groups excluding carboxylic acids is 1. The summed E-state index contributed by atoms with van der Waals surface area (Å²) in [7, 11) is 0. The van der Waals surface area contributed by atoms with Crippen LogP contribution in [0.3, 0.4) is 0 Å². The van der Waals surface area contributed by atoms with Gasteiger partial charge in [0.05, 0.1) is 27.4 Å². The number of hydrogen-bond acceptors (Lipinski definition) is 3. The van der Waals surface area contributed by atoms with Gasteiger partial charge in [-0.25, -0.2) is 0 Å². The normalized spacial score (nSPS) is 20.7. The Kier molecular flexibility index (Phi) is 4.33. The minimum absolute atomic E-state index is 0.122. The number of aryl methyl sites for hydroxylation is 1. The molecule has 1 saturated heterocycles. The Bertz CT molecular complexity index is 506. The SMILES string of the molecule is Cc1ncc(C(=O)N2CCC(C(C)O)C2)c(Cl)c1Cl. The quantitative estimate of drug-likeness (QED) is 0.913. The number of halogens is 2. The van der Waals surface area contributed by atoms with Gasteiger partial charge in [0.15, 0.2) is 0 Å². The molecule has 0 bridgehead atoms. The van der Waals surface area contributed by atoms with E-state index in [2.05, 4.69) is 4.98 Å². The third-order valence-corrected chi connectivity index (χ3v) is 4.51. The van der Waals surface area contributed by atoms with Gasteiger partial charge in [-0.3, -0.25) is 9.78 Å². The average Bonchev–Trinajstić information content (AvgIpc) is 2.85. The lowest BCUT2D eigenvalue weighted by molar-refractivity contribution is 0.0762. The number of aliphatic hydroxyl groups is 1. The molecule has 0 radical (unpaired) electrons. The first-order valence-electron chi connectivity index (χ1n) is 6.19. The van der Waals surface area contributed by atoms with Gasteiger partial charge < -0.3 is 10.0 Å². The number of hydrogen-bond donors (Lipinski definition) is 1. The summed E-state index contributed by atoms with van der Waals surface area (Å²) in [6, 6.07) is 0. The second-order valence-electron chi connectivity index (χ2n) is 4.93. The Morgan fingerprint density at radius 2 is 2.21 bits per heavy atom. The molecule has 0 aromatic carbocycles. The highest BCUT2D eigenvalue weighted by Crippen LogP contribution is 2.30. The number of amides is 1. The van der Waals surface area contributed by atoms with Crippen molar-refractivity contribution >= 4 is 29.1 Å². The molecule has 1 N–H and O–H groups in total. The summed E-state index contributed by atoms with van der Waals surface area (Å²) < 4.78 is 0. The lowest BCUT2D eigenvalue weighted by atomic mass is 10.0. The Labute approximate surface area is 122 Å². The molecule has 6 heteroatoms. The molecule has 2 unspecified atom stereocenters. The predicted molar refractivity (Wildman–Crippen MR) is 74.7 cm³/mol. The van der Waals surface area contributed by atoms with E-state index < -0.39 is 6.10 Å². The molecule has 2 heterocycles. The molecule has 19 heavy (non-hydrogen) atoms. The van der Waals surface area contributed by atoms with Crippen molar-refractivity contribution in [3.05, 3.63) is 27.5 Å². The topological polar surface area (TPSA) is 53.4 Å². The van der Waals surface area contributed by atoms with E-state index in [0.717, 1.165) is 6.42 Å². The first-order chi connectivity index (χ1) is 8.91. The molecule has 1 fully saturated rings. The van der Waals surface area contributed by atoms with Gasteiger partial charge in [0.2, 0.25) is 0 Å². The zero-order valence-corrected chi connectivity index (χ0v) is 12.4. The van der Waals surface area contributed by atoms with Gasteiger partial charge in [-0.1, -0.05) is 23.2 Å². The van der Waals surface area contributed by atoms with Crippen LogP contribution in [0.5, 0.6) is 0 Å². The molecule has 4 nitrogen and oxygen atoms in total. The van der Waals surface area contributed by atoms with E-state index in [1.807, 2.05) is 0 Å². The Morgan fingerprint density at radius 3 is 2.79 bits per heavy atom. The van der Waals surface area contributed by atoms with Crippen molar-refractivity contribution in [3.8, 4) is 0 Å². The monoisotopic (exact) mass is 302 g/mol. The van der Waals surface area contributed by atoms with Crippen LogP contribution in [0, 0.1) is 12.8 Å². The van der Waals surface area contributed by atoms with Crippen molar-refractivity contribution in [2.75, 3.05) is 13.1 Å². The number of nitrogens with zero attached hydrogens (tertiary/aromatic N) is 2. The highest BCUT2D eigenvalue weighted by molar-refractivity contribution is 6.44. The molecule has 2 rings (SSSR count). The van der Waals surface area contributed by atoms with Crippen LogP contribution in [-0.4, -0.2) is 40.1 Å². The molecule has 1 amide bonds. The molecule has 1 aromatic rings. The number of likely N-dealkylation sites (tertiary alicyclic amines) is 1. The van der Waals surface area contributed by atoms with Crippen LogP contribution in [0.25, 0.3) is 0 Å². The van der Waals surface area contributed by atoms with Crippen molar-refractivity contribution < 1.29 is 9.90 Å². The van der Waals surface area contributed by atoms with Crippen LogP contribution in [-0.2, 0) is 0 Å². The van der Waals surface area contributed by atoms with Gasteiger partial charge in [0.25, 0.3) is 5.91 Å². The maximum atomic E-state index is 12.4. The van der Waals surface area contributed by atoms with Crippen LogP contribution >= 0.6 is 23.2 Å². The lowest BCUT2D eigenvalue weighted by Gasteiger charge is -2.18. The summed E-state index contributed by atoms with van der Waals surface area (Å²) in [5.74, 6) is -0.0563. The average molecular weight is 303 g/mol. The largest absolute Gasteiger partial charge is 0.393 e. The number of aromatic nitrogens is 1. The number of pyridine rings is 1. The molecule has 0 saturated carbocycles. The molecule has 1 aliphatic rings. The maximum Gasteiger partial charge on any atom is 0.257 e. The Hall–Kier alpha value is -0.840. The first kappa shape index (κ1) is 14.6. The fraction of sp³-hybridized carbons (Fsp3) is 0.538. The van der Waals surface area contributed by atoms with E-state index in [1.165, 1.54) is 6.20 Å². The van der Waals surface area contributed by atoms with Gasteiger partial charge in [-0.2, -0.15) is 0 Å². The summed E-state index contributed by atoms with van der Waals surface area (Å²) in [4.78, 5) is 18.1. The minimum Gasteiger partial charge on any atom is -0.393 e. The van der Waals surface area contributed by atoms with Crippen LogP contribution < -0.4 is 0 Å². The third-order valence-electron chi connectivity index (χ3n) is 3.56. The zero-order valence-electron chi connectivity index (χ0n) is 10.9. The van der Waals surface area contributed by atoms with Gasteiger partial charge in [0.1, 0.15) is 0 Å². The summed E-state index contributed by atoms with van der Waals surface area (Å²) in [6.45, 7) is 4.65. The smallest absolute Gasteiger partial charge is 0.257 e. The lowest BCUT2D eigenvalue weighted by Crippen LogP contribution is -2.30. The second kappa shape index (κ2) is 5.65. The van der Waals surface area contributed by atoms with E-state index in [1.54, 1.807) is 18.7 Å². The molecule has 1 aliphatic heterocycles. The molecule has 0 aliphatic carbocycles. The van der Waals surface area contributed by atoms with Crippen LogP contribution in [0.2, 0.25) is 10.0 Å². The first-order valence-corrected chi connectivity index (χ1v) is 6.95. The summed E-state index contributed by atoms with van der Waals surface area (Å²) >= 11 is 12.1. The number of aliphatic hydroxyl groups excluding tert-OH is 1. The van der Waals surface area contributed by atoms with Crippen molar-refractivity contribution in [2.24, 2.45) is 5.92 Å². The van der Waals surface area contributed by atoms with Crippen molar-refractivity contribution in [2.45, 2.75) is 26.4 Å². The molecule has 104 valence electrons. The summed E-state index contributed by atoms with van der Waals surface area (Å²) in [5.41, 5.74) is 0.926. The zero-order chi connectivity index (χ0) is 14.2. The number of rotatable bonds is 2. The molecule has 0 spiro atoms. The van der Waals surface area contributed by atoms with Crippen LogP contribution in [0.4, 0.5) is 0 Å².